The van der Waals surface area contributed by atoms with Crippen molar-refractivity contribution in [2.24, 2.45) is 11.7 Å². The third kappa shape index (κ3) is 4.09. The molecule has 134 valence electrons. The highest BCUT2D eigenvalue weighted by Gasteiger charge is 2.40. The van der Waals surface area contributed by atoms with Crippen LogP contribution in [-0.4, -0.2) is 47.8 Å². The third-order valence-electron chi connectivity index (χ3n) is 5.23. The van der Waals surface area contributed by atoms with Crippen LogP contribution < -0.4 is 5.73 Å². The van der Waals surface area contributed by atoms with Gasteiger partial charge in [0.25, 0.3) is 0 Å². The molecule has 3 rings (SSSR count). The molecule has 1 aromatic carbocycles. The van der Waals surface area contributed by atoms with Crippen LogP contribution in [0.2, 0.25) is 0 Å². The Labute approximate surface area is 149 Å². The topological polar surface area (TPSA) is 75.8 Å². The zero-order valence-corrected chi connectivity index (χ0v) is 14.7. The smallest absolute Gasteiger partial charge is 0.242 e. The summed E-state index contributed by atoms with van der Waals surface area (Å²) < 4.78 is 5.32. The summed E-state index contributed by atoms with van der Waals surface area (Å²) in [6, 6.07) is 9.76. The molecule has 5 nitrogen and oxygen atoms in total. The average molecular weight is 355 g/mol. The molecule has 1 amide bonds. The Hall–Kier alpha value is -1.14. The van der Waals surface area contributed by atoms with E-state index in [9.17, 15) is 9.90 Å². The zero-order chi connectivity index (χ0) is 16.3. The van der Waals surface area contributed by atoms with Gasteiger partial charge < -0.3 is 20.5 Å². The number of hydrogen-bond acceptors (Lipinski definition) is 4. The first-order chi connectivity index (χ1) is 11.1. The second-order valence-electron chi connectivity index (χ2n) is 6.75. The molecule has 0 aromatic heterocycles. The molecular weight excluding hydrogens is 328 g/mol. The van der Waals surface area contributed by atoms with Crippen molar-refractivity contribution in [3.8, 4) is 0 Å². The van der Waals surface area contributed by atoms with E-state index in [4.69, 9.17) is 10.5 Å². The number of hydrogen-bond donors (Lipinski definition) is 2. The summed E-state index contributed by atoms with van der Waals surface area (Å²) in [6.45, 7) is 2.47. The molecule has 6 heteroatoms. The zero-order valence-electron chi connectivity index (χ0n) is 13.9. The molecule has 0 aliphatic carbocycles. The second-order valence-corrected chi connectivity index (χ2v) is 6.75. The molecule has 2 heterocycles. The van der Waals surface area contributed by atoms with Crippen LogP contribution in [0.5, 0.6) is 0 Å². The number of nitrogens with two attached hydrogens (primary N) is 1. The Kier molecular flexibility index (Phi) is 6.63. The van der Waals surface area contributed by atoms with E-state index in [1.165, 1.54) is 0 Å². The number of benzene rings is 1. The molecule has 1 unspecified atom stereocenters. The number of carbonyl (C=O) groups is 1. The predicted octanol–water partition coefficient (Wildman–Crippen LogP) is 1.89. The van der Waals surface area contributed by atoms with E-state index in [0.29, 0.717) is 39.1 Å². The largest absolute Gasteiger partial charge is 0.388 e. The highest BCUT2D eigenvalue weighted by atomic mass is 35.5. The van der Waals surface area contributed by atoms with Crippen LogP contribution in [0.4, 0.5) is 0 Å². The molecule has 24 heavy (non-hydrogen) atoms. The van der Waals surface area contributed by atoms with Crippen molar-refractivity contribution in [3.05, 3.63) is 35.9 Å². The SMILES string of the molecule is Cl.NC1(C(=O)N2CCC(C(O)c3ccccc3)CC2)CCOCC1. The quantitative estimate of drug-likeness (QED) is 0.869. The van der Waals surface area contributed by atoms with Gasteiger partial charge in [-0.1, -0.05) is 30.3 Å². The summed E-state index contributed by atoms with van der Waals surface area (Å²) >= 11 is 0. The summed E-state index contributed by atoms with van der Waals surface area (Å²) in [6.07, 6.45) is 2.36. The minimum Gasteiger partial charge on any atom is -0.388 e. The van der Waals surface area contributed by atoms with E-state index in [0.717, 1.165) is 18.4 Å². The predicted molar refractivity (Wildman–Crippen MR) is 94.9 cm³/mol. The molecule has 2 aliphatic heterocycles. The van der Waals surface area contributed by atoms with Gasteiger partial charge in [0.05, 0.1) is 11.6 Å². The Morgan fingerprint density at radius 2 is 1.79 bits per heavy atom. The maximum atomic E-state index is 12.7. The van der Waals surface area contributed by atoms with Gasteiger partial charge >= 0.3 is 0 Å². The molecular formula is C18H27ClN2O3. The Morgan fingerprint density at radius 3 is 2.38 bits per heavy atom. The molecule has 1 aromatic rings. The van der Waals surface area contributed by atoms with Gasteiger partial charge in [-0.15, -0.1) is 12.4 Å². The van der Waals surface area contributed by atoms with Crippen molar-refractivity contribution in [1.29, 1.82) is 0 Å². The van der Waals surface area contributed by atoms with Gasteiger partial charge in [-0.25, -0.2) is 0 Å². The van der Waals surface area contributed by atoms with Crippen molar-refractivity contribution in [2.75, 3.05) is 26.3 Å². The van der Waals surface area contributed by atoms with Crippen molar-refractivity contribution < 1.29 is 14.6 Å². The van der Waals surface area contributed by atoms with E-state index in [-0.39, 0.29) is 24.2 Å². The fourth-order valence-electron chi connectivity index (χ4n) is 3.61. The Morgan fingerprint density at radius 1 is 1.21 bits per heavy atom. The van der Waals surface area contributed by atoms with Gasteiger partial charge in [0.1, 0.15) is 0 Å². The van der Waals surface area contributed by atoms with Crippen molar-refractivity contribution in [1.82, 2.24) is 4.90 Å². The van der Waals surface area contributed by atoms with Crippen molar-refractivity contribution in [2.45, 2.75) is 37.3 Å². The van der Waals surface area contributed by atoms with Crippen LogP contribution in [-0.2, 0) is 9.53 Å². The lowest BCUT2D eigenvalue weighted by atomic mass is 9.85. The Balaban J connectivity index is 0.00000208. The molecule has 0 spiro atoms. The Bertz CT molecular complexity index is 526. The summed E-state index contributed by atoms with van der Waals surface area (Å²) in [7, 11) is 0. The minimum absolute atomic E-state index is 0. The van der Waals surface area contributed by atoms with Crippen LogP contribution in [0.25, 0.3) is 0 Å². The number of ether oxygens (including phenoxy) is 1. The maximum Gasteiger partial charge on any atom is 0.242 e. The number of aliphatic hydroxyl groups is 1. The molecule has 2 saturated heterocycles. The first-order valence-electron chi connectivity index (χ1n) is 8.49. The van der Waals surface area contributed by atoms with E-state index in [1.807, 2.05) is 35.2 Å². The van der Waals surface area contributed by atoms with Crippen LogP contribution >= 0.6 is 12.4 Å². The third-order valence-corrected chi connectivity index (χ3v) is 5.23. The standard InChI is InChI=1S/C18H26N2O3.ClH/c19-18(8-12-23-13-9-18)17(22)20-10-6-15(7-11-20)16(21)14-4-2-1-3-5-14;/h1-5,15-16,21H,6-13,19H2;1H. The number of aliphatic hydroxyl groups excluding tert-OH is 1. The lowest BCUT2D eigenvalue weighted by Gasteiger charge is -2.40. The van der Waals surface area contributed by atoms with Crippen LogP contribution in [0.3, 0.4) is 0 Å². The van der Waals surface area contributed by atoms with Crippen molar-refractivity contribution in [3.63, 3.8) is 0 Å². The van der Waals surface area contributed by atoms with E-state index < -0.39 is 11.6 Å². The average Bonchev–Trinajstić information content (AvgIpc) is 2.62. The van der Waals surface area contributed by atoms with Crippen LogP contribution in [0.1, 0.15) is 37.4 Å². The molecule has 0 radical (unpaired) electrons. The van der Waals surface area contributed by atoms with Crippen molar-refractivity contribution >= 4 is 18.3 Å². The first kappa shape index (κ1) is 19.2. The number of nitrogens with zero attached hydrogens (tertiary/aromatic N) is 1. The van der Waals surface area contributed by atoms with E-state index >= 15 is 0 Å². The molecule has 3 N–H and O–H groups in total. The number of halogens is 1. The summed E-state index contributed by atoms with van der Waals surface area (Å²) in [5.41, 5.74) is 6.49. The van der Waals surface area contributed by atoms with Gasteiger partial charge in [-0.2, -0.15) is 0 Å². The lowest BCUT2D eigenvalue weighted by molar-refractivity contribution is -0.142. The van der Waals surface area contributed by atoms with Gasteiger partial charge in [0.15, 0.2) is 0 Å². The summed E-state index contributed by atoms with van der Waals surface area (Å²) in [5, 5.41) is 10.5. The summed E-state index contributed by atoms with van der Waals surface area (Å²) in [4.78, 5) is 14.6. The van der Waals surface area contributed by atoms with Gasteiger partial charge in [-0.3, -0.25) is 4.79 Å². The number of piperidine rings is 1. The first-order valence-corrected chi connectivity index (χ1v) is 8.49. The molecule has 1 atom stereocenters. The van der Waals surface area contributed by atoms with Crippen LogP contribution in [0, 0.1) is 5.92 Å². The highest BCUT2D eigenvalue weighted by molar-refractivity contribution is 5.86. The van der Waals surface area contributed by atoms with Crippen LogP contribution in [0.15, 0.2) is 30.3 Å². The number of likely N-dealkylation sites (tertiary alicyclic amines) is 1. The number of carbonyl (C=O) groups excluding carboxylic acids is 1. The molecule has 2 fully saturated rings. The van der Waals surface area contributed by atoms with Gasteiger partial charge in [0, 0.05) is 26.3 Å². The second kappa shape index (κ2) is 8.30. The molecule has 0 bridgehead atoms. The minimum atomic E-state index is -0.761. The fourth-order valence-corrected chi connectivity index (χ4v) is 3.61. The normalized spacial score (nSPS) is 22.5. The molecule has 0 saturated carbocycles. The fraction of sp³-hybridized carbons (Fsp3) is 0.611. The van der Waals surface area contributed by atoms with Gasteiger partial charge in [-0.05, 0) is 37.2 Å². The lowest BCUT2D eigenvalue weighted by Crippen LogP contribution is -2.59. The number of amides is 1. The maximum absolute atomic E-state index is 12.7. The van der Waals surface area contributed by atoms with E-state index in [1.54, 1.807) is 0 Å². The van der Waals surface area contributed by atoms with E-state index in [2.05, 4.69) is 0 Å². The number of rotatable bonds is 3. The van der Waals surface area contributed by atoms with Gasteiger partial charge in [0.2, 0.25) is 5.91 Å². The summed E-state index contributed by atoms with van der Waals surface area (Å²) in [5.74, 6) is 0.248. The highest BCUT2D eigenvalue weighted by Crippen LogP contribution is 2.32. The monoisotopic (exact) mass is 354 g/mol. The molecule has 2 aliphatic rings.